The van der Waals surface area contributed by atoms with Crippen LogP contribution in [0.5, 0.6) is 0 Å². The molecule has 132 valence electrons. The van der Waals surface area contributed by atoms with Crippen molar-refractivity contribution in [2.24, 2.45) is 0 Å². The van der Waals surface area contributed by atoms with Gasteiger partial charge in [-0.3, -0.25) is 19.7 Å². The van der Waals surface area contributed by atoms with E-state index in [2.05, 4.69) is 38.2 Å². The maximum atomic E-state index is 12.6. The fraction of sp³-hybridized carbons (Fsp3) is 0.450. The minimum absolute atomic E-state index is 0.0647. The van der Waals surface area contributed by atoms with E-state index in [1.807, 2.05) is 12.1 Å². The Morgan fingerprint density at radius 1 is 1.16 bits per heavy atom. The number of benzene rings is 1. The minimum atomic E-state index is -0.666. The van der Waals surface area contributed by atoms with Gasteiger partial charge in [0.1, 0.15) is 6.04 Å². The molecule has 0 spiro atoms. The Bertz CT molecular complexity index is 724. The van der Waals surface area contributed by atoms with E-state index >= 15 is 0 Å². The smallest absolute Gasteiger partial charge is 0.249 e. The van der Waals surface area contributed by atoms with Crippen molar-refractivity contribution >= 4 is 23.8 Å². The van der Waals surface area contributed by atoms with Crippen LogP contribution in [0, 0.1) is 0 Å². The average Bonchev–Trinajstić information content (AvgIpc) is 3.31. The molecule has 1 aliphatic carbocycles. The maximum absolute atomic E-state index is 12.6. The molecular formula is C20H24N2O3. The summed E-state index contributed by atoms with van der Waals surface area (Å²) in [6, 6.07) is 7.50. The van der Waals surface area contributed by atoms with Gasteiger partial charge in [-0.05, 0) is 35.5 Å². The van der Waals surface area contributed by atoms with Gasteiger partial charge in [-0.1, -0.05) is 45.0 Å². The molecule has 3 rings (SSSR count). The van der Waals surface area contributed by atoms with E-state index in [0.29, 0.717) is 0 Å². The number of hydrogen-bond donors (Lipinski definition) is 1. The number of amides is 3. The lowest BCUT2D eigenvalue weighted by Crippen LogP contribution is -2.45. The molecule has 1 atom stereocenters. The van der Waals surface area contributed by atoms with Gasteiger partial charge >= 0.3 is 0 Å². The van der Waals surface area contributed by atoms with Crippen LogP contribution in [0.2, 0.25) is 0 Å². The van der Waals surface area contributed by atoms with Gasteiger partial charge in [0.15, 0.2) is 0 Å². The Morgan fingerprint density at radius 2 is 1.80 bits per heavy atom. The van der Waals surface area contributed by atoms with Crippen molar-refractivity contribution in [1.29, 1.82) is 0 Å². The zero-order valence-electron chi connectivity index (χ0n) is 14.9. The van der Waals surface area contributed by atoms with Crippen molar-refractivity contribution in [2.75, 3.05) is 0 Å². The van der Waals surface area contributed by atoms with E-state index < -0.39 is 6.04 Å². The van der Waals surface area contributed by atoms with Crippen molar-refractivity contribution in [3.8, 4) is 0 Å². The van der Waals surface area contributed by atoms with Crippen LogP contribution < -0.4 is 5.32 Å². The van der Waals surface area contributed by atoms with Gasteiger partial charge in [-0.25, -0.2) is 0 Å². The second-order valence-electron chi connectivity index (χ2n) is 7.81. The first-order chi connectivity index (χ1) is 11.8. The third kappa shape index (κ3) is 3.98. The molecule has 5 nitrogen and oxygen atoms in total. The molecule has 25 heavy (non-hydrogen) atoms. The first-order valence-electron chi connectivity index (χ1n) is 8.70. The summed E-state index contributed by atoms with van der Waals surface area (Å²) in [6.45, 7) is 6.47. The number of carbonyl (C=O) groups is 3. The predicted molar refractivity (Wildman–Crippen MR) is 95.6 cm³/mol. The molecule has 2 aliphatic rings. The number of nitrogens with one attached hydrogen (secondary N) is 1. The van der Waals surface area contributed by atoms with Crippen LogP contribution in [0.15, 0.2) is 30.3 Å². The zero-order chi connectivity index (χ0) is 18.2. The van der Waals surface area contributed by atoms with Gasteiger partial charge in [0.05, 0.1) is 6.42 Å². The molecule has 0 unspecified atom stereocenters. The molecule has 2 fully saturated rings. The largest absolute Gasteiger partial charge is 0.324 e. The maximum Gasteiger partial charge on any atom is 0.249 e. The van der Waals surface area contributed by atoms with Crippen LogP contribution in [0.3, 0.4) is 0 Å². The van der Waals surface area contributed by atoms with Gasteiger partial charge < -0.3 is 4.90 Å². The van der Waals surface area contributed by atoms with E-state index in [1.165, 1.54) is 11.6 Å². The predicted octanol–water partition coefficient (Wildman–Crippen LogP) is 2.40. The molecule has 5 heteroatoms. The quantitative estimate of drug-likeness (QED) is 0.676. The molecule has 0 aromatic heterocycles. The van der Waals surface area contributed by atoms with E-state index in [9.17, 15) is 14.4 Å². The van der Waals surface area contributed by atoms with Crippen LogP contribution in [0.25, 0.3) is 6.08 Å². The van der Waals surface area contributed by atoms with Gasteiger partial charge in [-0.15, -0.1) is 0 Å². The molecule has 1 aliphatic heterocycles. The van der Waals surface area contributed by atoms with Crippen molar-refractivity contribution in [2.45, 2.75) is 57.5 Å². The molecule has 1 aromatic carbocycles. The molecule has 0 radical (unpaired) electrons. The van der Waals surface area contributed by atoms with E-state index in [-0.39, 0.29) is 35.6 Å². The summed E-state index contributed by atoms with van der Waals surface area (Å²) in [4.78, 5) is 37.5. The standard InChI is InChI=1S/C20H24N2O3/c1-20(2,3)14-7-4-13(5-8-14)6-11-18(24)22(15-9-10-15)16-12-17(23)21-19(16)25/h4-8,11,15-16H,9-10,12H2,1-3H3,(H,21,23,25)/b11-6+/t16-/m0/s1. The van der Waals surface area contributed by atoms with Gasteiger partial charge in [0.25, 0.3) is 0 Å². The zero-order valence-corrected chi connectivity index (χ0v) is 14.9. The molecule has 1 saturated carbocycles. The molecule has 1 aromatic rings. The SMILES string of the molecule is CC(C)(C)c1ccc(/C=C/C(=O)N(C2CC2)[C@H]2CC(=O)NC2=O)cc1. The average molecular weight is 340 g/mol. The summed E-state index contributed by atoms with van der Waals surface area (Å²) in [5.41, 5.74) is 2.25. The van der Waals surface area contributed by atoms with E-state index in [4.69, 9.17) is 0 Å². The van der Waals surface area contributed by atoms with Gasteiger partial charge in [-0.2, -0.15) is 0 Å². The lowest BCUT2D eigenvalue weighted by molar-refractivity contribution is -0.135. The highest BCUT2D eigenvalue weighted by Gasteiger charge is 2.43. The summed E-state index contributed by atoms with van der Waals surface area (Å²) in [5, 5.41) is 2.28. The fourth-order valence-corrected chi connectivity index (χ4v) is 3.05. The Morgan fingerprint density at radius 3 is 2.28 bits per heavy atom. The van der Waals surface area contributed by atoms with Gasteiger partial charge in [0.2, 0.25) is 17.7 Å². The number of rotatable bonds is 4. The summed E-state index contributed by atoms with van der Waals surface area (Å²) < 4.78 is 0. The van der Waals surface area contributed by atoms with E-state index in [0.717, 1.165) is 18.4 Å². The minimum Gasteiger partial charge on any atom is -0.324 e. The van der Waals surface area contributed by atoms with Gasteiger partial charge in [0, 0.05) is 12.1 Å². The third-order valence-corrected chi connectivity index (χ3v) is 4.67. The molecule has 1 heterocycles. The lowest BCUT2D eigenvalue weighted by Gasteiger charge is -2.25. The summed E-state index contributed by atoms with van der Waals surface area (Å²) in [5.74, 6) is -0.888. The second-order valence-corrected chi connectivity index (χ2v) is 7.81. The van der Waals surface area contributed by atoms with Crippen LogP contribution in [-0.4, -0.2) is 34.7 Å². The summed E-state index contributed by atoms with van der Waals surface area (Å²) in [6.07, 6.45) is 5.10. The van der Waals surface area contributed by atoms with Crippen LogP contribution in [0.1, 0.15) is 51.2 Å². The normalized spacial score (nSPS) is 20.8. The fourth-order valence-electron chi connectivity index (χ4n) is 3.05. The van der Waals surface area contributed by atoms with Crippen LogP contribution >= 0.6 is 0 Å². The Hall–Kier alpha value is -2.43. The molecule has 1 N–H and O–H groups in total. The first-order valence-corrected chi connectivity index (χ1v) is 8.70. The Labute approximate surface area is 148 Å². The van der Waals surface area contributed by atoms with Crippen molar-refractivity contribution in [3.05, 3.63) is 41.5 Å². The topological polar surface area (TPSA) is 66.5 Å². The second kappa shape index (κ2) is 6.47. The van der Waals surface area contributed by atoms with Crippen molar-refractivity contribution in [1.82, 2.24) is 10.2 Å². The highest BCUT2D eigenvalue weighted by atomic mass is 16.2. The van der Waals surface area contributed by atoms with E-state index in [1.54, 1.807) is 11.0 Å². The number of nitrogens with zero attached hydrogens (tertiary/aromatic N) is 1. The highest BCUT2D eigenvalue weighted by molar-refractivity contribution is 6.08. The highest BCUT2D eigenvalue weighted by Crippen LogP contribution is 2.31. The molecule has 0 bridgehead atoms. The molecule has 1 saturated heterocycles. The first kappa shape index (κ1) is 17.4. The third-order valence-electron chi connectivity index (χ3n) is 4.67. The summed E-state index contributed by atoms with van der Waals surface area (Å²) >= 11 is 0. The lowest BCUT2D eigenvalue weighted by atomic mass is 9.87. The summed E-state index contributed by atoms with van der Waals surface area (Å²) in [7, 11) is 0. The molecule has 3 amide bonds. The van der Waals surface area contributed by atoms with Crippen LogP contribution in [0.4, 0.5) is 0 Å². The van der Waals surface area contributed by atoms with Crippen molar-refractivity contribution in [3.63, 3.8) is 0 Å². The Balaban J connectivity index is 1.72. The molecular weight excluding hydrogens is 316 g/mol. The number of imide groups is 1. The Kier molecular flexibility index (Phi) is 4.50. The monoisotopic (exact) mass is 340 g/mol. The number of hydrogen-bond acceptors (Lipinski definition) is 3. The number of carbonyl (C=O) groups excluding carboxylic acids is 3. The van der Waals surface area contributed by atoms with Crippen LogP contribution in [-0.2, 0) is 19.8 Å². The van der Waals surface area contributed by atoms with Crippen molar-refractivity contribution < 1.29 is 14.4 Å².